The molecule has 2 heteroatoms. The third kappa shape index (κ3) is 5.13. The zero-order valence-corrected chi connectivity index (χ0v) is 31.6. The van der Waals surface area contributed by atoms with Gasteiger partial charge in [-0.1, -0.05) is 135 Å². The monoisotopic (exact) mass is 719 g/mol. The molecule has 0 fully saturated rings. The molecule has 1 aliphatic rings. The molecule has 0 atom stereocenters. The van der Waals surface area contributed by atoms with Gasteiger partial charge in [0.1, 0.15) is 0 Å². The predicted molar refractivity (Wildman–Crippen MR) is 237 cm³/mol. The molecule has 0 spiro atoms. The molecular formula is C53H37NS. The van der Waals surface area contributed by atoms with Crippen LogP contribution in [0.2, 0.25) is 0 Å². The largest absolute Gasteiger partial charge is 0.310 e. The summed E-state index contributed by atoms with van der Waals surface area (Å²) in [6, 6.07) is 69.8. The lowest BCUT2D eigenvalue weighted by Gasteiger charge is -2.28. The van der Waals surface area contributed by atoms with Crippen molar-refractivity contribution in [2.75, 3.05) is 4.90 Å². The van der Waals surface area contributed by atoms with E-state index >= 15 is 0 Å². The maximum Gasteiger partial charge on any atom is 0.0468 e. The zero-order valence-electron chi connectivity index (χ0n) is 30.8. The Bertz CT molecular complexity index is 3130. The Labute approximate surface area is 325 Å². The van der Waals surface area contributed by atoms with Gasteiger partial charge in [0.15, 0.2) is 0 Å². The van der Waals surface area contributed by atoms with Gasteiger partial charge in [-0.05, 0) is 133 Å². The molecule has 1 heterocycles. The SMILES string of the molecule is CC1(C)c2ccccc2-c2ccc(N(c3ccc(-c4cc5ccccc5cc4-c4ccc5ccccc5c4)cc3)c3ccc4sc5ccccc5c4c3)cc21. The van der Waals surface area contributed by atoms with Gasteiger partial charge in [-0.3, -0.25) is 0 Å². The van der Waals surface area contributed by atoms with Crippen LogP contribution in [-0.4, -0.2) is 0 Å². The topological polar surface area (TPSA) is 3.24 Å². The average molecular weight is 720 g/mol. The van der Waals surface area contributed by atoms with Crippen molar-refractivity contribution in [2.24, 2.45) is 0 Å². The normalized spacial score (nSPS) is 13.1. The van der Waals surface area contributed by atoms with E-state index in [1.54, 1.807) is 0 Å². The van der Waals surface area contributed by atoms with Gasteiger partial charge in [-0.25, -0.2) is 0 Å². The van der Waals surface area contributed by atoms with E-state index in [1.807, 2.05) is 11.3 Å². The fourth-order valence-electron chi connectivity index (χ4n) is 9.00. The van der Waals surface area contributed by atoms with Gasteiger partial charge < -0.3 is 4.90 Å². The number of fused-ring (bicyclic) bond motifs is 8. The highest BCUT2D eigenvalue weighted by atomic mass is 32.1. The summed E-state index contributed by atoms with van der Waals surface area (Å²) in [5.41, 5.74) is 13.7. The number of nitrogens with zero attached hydrogens (tertiary/aromatic N) is 1. The second-order valence-corrected chi connectivity index (χ2v) is 16.5. The van der Waals surface area contributed by atoms with Crippen LogP contribution in [0.3, 0.4) is 0 Å². The van der Waals surface area contributed by atoms with Gasteiger partial charge in [-0.2, -0.15) is 0 Å². The van der Waals surface area contributed by atoms with Gasteiger partial charge in [-0.15, -0.1) is 11.3 Å². The fraction of sp³-hybridized carbons (Fsp3) is 0.0566. The van der Waals surface area contributed by atoms with Crippen LogP contribution in [-0.2, 0) is 5.41 Å². The van der Waals surface area contributed by atoms with E-state index in [0.29, 0.717) is 0 Å². The van der Waals surface area contributed by atoms with E-state index in [1.165, 1.54) is 86.2 Å². The number of anilines is 3. The molecule has 0 bridgehead atoms. The van der Waals surface area contributed by atoms with E-state index in [9.17, 15) is 0 Å². The number of hydrogen-bond donors (Lipinski definition) is 0. The Morgan fingerprint density at radius 3 is 1.73 bits per heavy atom. The second kappa shape index (κ2) is 12.3. The molecule has 0 unspecified atom stereocenters. The lowest BCUT2D eigenvalue weighted by Crippen LogP contribution is -2.16. The van der Waals surface area contributed by atoms with Crippen LogP contribution in [0.1, 0.15) is 25.0 Å². The first-order valence-electron chi connectivity index (χ1n) is 19.1. The number of hydrogen-bond acceptors (Lipinski definition) is 2. The molecule has 9 aromatic carbocycles. The molecule has 1 aromatic heterocycles. The van der Waals surface area contributed by atoms with Crippen molar-refractivity contribution in [3.63, 3.8) is 0 Å². The van der Waals surface area contributed by atoms with Gasteiger partial charge in [0.2, 0.25) is 0 Å². The lowest BCUT2D eigenvalue weighted by atomic mass is 9.82. The predicted octanol–water partition coefficient (Wildman–Crippen LogP) is 15.5. The van der Waals surface area contributed by atoms with Crippen LogP contribution < -0.4 is 4.90 Å². The summed E-state index contributed by atoms with van der Waals surface area (Å²) in [5.74, 6) is 0. The van der Waals surface area contributed by atoms with Crippen molar-refractivity contribution in [1.82, 2.24) is 0 Å². The van der Waals surface area contributed by atoms with Gasteiger partial charge in [0.05, 0.1) is 0 Å². The highest BCUT2D eigenvalue weighted by Crippen LogP contribution is 2.51. The van der Waals surface area contributed by atoms with Crippen molar-refractivity contribution in [3.8, 4) is 33.4 Å². The van der Waals surface area contributed by atoms with Crippen LogP contribution in [0.25, 0.3) is 75.1 Å². The molecular weight excluding hydrogens is 683 g/mol. The summed E-state index contributed by atoms with van der Waals surface area (Å²) >= 11 is 1.86. The van der Waals surface area contributed by atoms with E-state index in [2.05, 4.69) is 207 Å². The molecule has 55 heavy (non-hydrogen) atoms. The van der Waals surface area contributed by atoms with Gasteiger partial charge in [0.25, 0.3) is 0 Å². The highest BCUT2D eigenvalue weighted by molar-refractivity contribution is 7.25. The summed E-state index contributed by atoms with van der Waals surface area (Å²) in [7, 11) is 0. The Morgan fingerprint density at radius 1 is 0.364 bits per heavy atom. The van der Waals surface area contributed by atoms with E-state index in [-0.39, 0.29) is 5.41 Å². The Morgan fingerprint density at radius 2 is 0.927 bits per heavy atom. The molecule has 10 aromatic rings. The van der Waals surface area contributed by atoms with Crippen LogP contribution >= 0.6 is 11.3 Å². The van der Waals surface area contributed by atoms with Crippen molar-refractivity contribution >= 4 is 70.1 Å². The smallest absolute Gasteiger partial charge is 0.0468 e. The number of benzene rings is 9. The molecule has 11 rings (SSSR count). The lowest BCUT2D eigenvalue weighted by molar-refractivity contribution is 0.660. The zero-order chi connectivity index (χ0) is 36.7. The highest BCUT2D eigenvalue weighted by Gasteiger charge is 2.35. The Kier molecular flexibility index (Phi) is 7.14. The second-order valence-electron chi connectivity index (χ2n) is 15.4. The van der Waals surface area contributed by atoms with Crippen LogP contribution in [0, 0.1) is 0 Å². The fourth-order valence-corrected chi connectivity index (χ4v) is 10.1. The van der Waals surface area contributed by atoms with Crippen molar-refractivity contribution in [2.45, 2.75) is 19.3 Å². The maximum absolute atomic E-state index is 2.44. The molecule has 0 radical (unpaired) electrons. The minimum atomic E-state index is -0.0970. The molecule has 1 aliphatic carbocycles. The summed E-state index contributed by atoms with van der Waals surface area (Å²) in [5, 5.41) is 7.60. The van der Waals surface area contributed by atoms with E-state index in [0.717, 1.165) is 17.1 Å². The first-order chi connectivity index (χ1) is 27.0. The van der Waals surface area contributed by atoms with Crippen LogP contribution in [0.5, 0.6) is 0 Å². The summed E-state index contributed by atoms with van der Waals surface area (Å²) in [6.45, 7) is 4.72. The first kappa shape index (κ1) is 32.0. The molecule has 260 valence electrons. The Hall–Kier alpha value is -6.48. The molecule has 0 saturated carbocycles. The standard InChI is InChI=1S/C53H37NS/c1-53(2)49-17-9-7-15-43(49)44-27-25-42(33-50(44)53)54(41-26-28-52-48(32-41)45-16-8-10-18-51(45)55-52)40-23-21-35(22-24-40)46-30-37-13-5-6-14-38(37)31-47(46)39-20-19-34-11-3-4-12-36(34)29-39/h3-33H,1-2H3. The van der Waals surface area contributed by atoms with Crippen molar-refractivity contribution in [3.05, 3.63) is 199 Å². The van der Waals surface area contributed by atoms with Gasteiger partial charge >= 0.3 is 0 Å². The Balaban J connectivity index is 1.08. The van der Waals surface area contributed by atoms with Gasteiger partial charge in [0, 0.05) is 42.6 Å². The minimum Gasteiger partial charge on any atom is -0.310 e. The van der Waals surface area contributed by atoms with Crippen LogP contribution in [0.4, 0.5) is 17.1 Å². The molecule has 0 amide bonds. The number of thiophene rings is 1. The van der Waals surface area contributed by atoms with E-state index < -0.39 is 0 Å². The van der Waals surface area contributed by atoms with E-state index in [4.69, 9.17) is 0 Å². The molecule has 0 N–H and O–H groups in total. The maximum atomic E-state index is 2.44. The summed E-state index contributed by atoms with van der Waals surface area (Å²) in [4.78, 5) is 2.44. The quantitative estimate of drug-likeness (QED) is 0.171. The van der Waals surface area contributed by atoms with Crippen molar-refractivity contribution in [1.29, 1.82) is 0 Å². The minimum absolute atomic E-state index is 0.0970. The summed E-state index contributed by atoms with van der Waals surface area (Å²) < 4.78 is 2.63. The average Bonchev–Trinajstić information content (AvgIpc) is 3.72. The molecule has 1 nitrogen and oxygen atoms in total. The molecule has 0 saturated heterocycles. The van der Waals surface area contributed by atoms with Crippen LogP contribution in [0.15, 0.2) is 188 Å². The number of rotatable bonds is 5. The third-order valence-electron chi connectivity index (χ3n) is 11.8. The molecule has 0 aliphatic heterocycles. The van der Waals surface area contributed by atoms with Crippen molar-refractivity contribution < 1.29 is 0 Å². The first-order valence-corrected chi connectivity index (χ1v) is 19.9. The summed E-state index contributed by atoms with van der Waals surface area (Å²) in [6.07, 6.45) is 0. The third-order valence-corrected chi connectivity index (χ3v) is 13.0.